The Morgan fingerprint density at radius 2 is 2.26 bits per heavy atom. The van der Waals surface area contributed by atoms with Crippen molar-refractivity contribution in [2.45, 2.75) is 46.6 Å². The molecule has 1 aliphatic heterocycles. The summed E-state index contributed by atoms with van der Waals surface area (Å²) in [6.07, 6.45) is 2.46. The minimum absolute atomic E-state index is 0.556. The Balaban J connectivity index is 2.07. The van der Waals surface area contributed by atoms with Gasteiger partial charge in [-0.3, -0.25) is 9.69 Å². The molecule has 0 spiro atoms. The Morgan fingerprint density at radius 3 is 2.79 bits per heavy atom. The molecule has 1 aromatic heterocycles. The zero-order chi connectivity index (χ0) is 14.0. The predicted octanol–water partition coefficient (Wildman–Crippen LogP) is 2.84. The molecule has 1 aromatic rings. The number of carboxylic acids is 1. The van der Waals surface area contributed by atoms with Crippen LogP contribution in [0.3, 0.4) is 0 Å². The molecule has 0 radical (unpaired) electrons. The maximum absolute atomic E-state index is 11.5. The molecule has 0 bridgehead atoms. The van der Waals surface area contributed by atoms with Crippen molar-refractivity contribution >= 4 is 17.3 Å². The van der Waals surface area contributed by atoms with Crippen LogP contribution in [0.25, 0.3) is 0 Å². The Labute approximate surface area is 118 Å². The normalized spacial score (nSPS) is 24.6. The van der Waals surface area contributed by atoms with Gasteiger partial charge in [0.1, 0.15) is 5.01 Å². The molecule has 1 aliphatic rings. The first-order valence-corrected chi connectivity index (χ1v) is 7.67. The first-order chi connectivity index (χ1) is 8.97. The fourth-order valence-electron chi connectivity index (χ4n) is 2.77. The standard InChI is InChI=1S/C14H22N2O2S/c1-4-14(13(17)18)6-5-7-16(9-14)8-12-15-10(2)11(3)19-12/h4-9H2,1-3H3,(H,17,18). The second-order valence-corrected chi connectivity index (χ2v) is 6.79. The molecule has 5 heteroatoms. The van der Waals surface area contributed by atoms with Crippen LogP contribution < -0.4 is 0 Å². The van der Waals surface area contributed by atoms with Crippen LogP contribution in [0.5, 0.6) is 0 Å². The van der Waals surface area contributed by atoms with Crippen LogP contribution in [0.15, 0.2) is 0 Å². The fourth-order valence-corrected chi connectivity index (χ4v) is 3.75. The van der Waals surface area contributed by atoms with Crippen molar-refractivity contribution in [3.8, 4) is 0 Å². The largest absolute Gasteiger partial charge is 0.481 e. The van der Waals surface area contributed by atoms with Crippen molar-refractivity contribution in [3.63, 3.8) is 0 Å². The maximum atomic E-state index is 11.5. The van der Waals surface area contributed by atoms with Gasteiger partial charge in [-0.2, -0.15) is 0 Å². The minimum atomic E-state index is -0.647. The maximum Gasteiger partial charge on any atom is 0.310 e. The van der Waals surface area contributed by atoms with E-state index in [1.165, 1.54) is 4.88 Å². The molecular formula is C14H22N2O2S. The second kappa shape index (κ2) is 5.59. The molecule has 19 heavy (non-hydrogen) atoms. The zero-order valence-electron chi connectivity index (χ0n) is 11.9. The quantitative estimate of drug-likeness (QED) is 0.922. The number of rotatable bonds is 4. The van der Waals surface area contributed by atoms with E-state index in [1.807, 2.05) is 13.8 Å². The first-order valence-electron chi connectivity index (χ1n) is 6.85. The smallest absolute Gasteiger partial charge is 0.310 e. The highest BCUT2D eigenvalue weighted by Gasteiger charge is 2.40. The number of aryl methyl sites for hydroxylation is 2. The predicted molar refractivity (Wildman–Crippen MR) is 76.5 cm³/mol. The summed E-state index contributed by atoms with van der Waals surface area (Å²) in [6.45, 7) is 8.51. The lowest BCUT2D eigenvalue weighted by atomic mass is 9.77. The Hall–Kier alpha value is -0.940. The summed E-state index contributed by atoms with van der Waals surface area (Å²) in [5.41, 5.74) is 0.538. The molecule has 106 valence electrons. The van der Waals surface area contributed by atoms with Crippen LogP contribution >= 0.6 is 11.3 Å². The lowest BCUT2D eigenvalue weighted by molar-refractivity contribution is -0.153. The van der Waals surface area contributed by atoms with Crippen molar-refractivity contribution in [1.82, 2.24) is 9.88 Å². The number of likely N-dealkylation sites (tertiary alicyclic amines) is 1. The van der Waals surface area contributed by atoms with Crippen LogP contribution in [-0.4, -0.2) is 34.0 Å². The highest BCUT2D eigenvalue weighted by atomic mass is 32.1. The molecule has 1 fully saturated rings. The molecule has 0 aliphatic carbocycles. The molecule has 1 saturated heterocycles. The average molecular weight is 282 g/mol. The van der Waals surface area contributed by atoms with E-state index in [0.29, 0.717) is 13.0 Å². The molecule has 1 atom stereocenters. The third-order valence-electron chi connectivity index (χ3n) is 4.22. The van der Waals surface area contributed by atoms with Crippen molar-refractivity contribution in [1.29, 1.82) is 0 Å². The van der Waals surface area contributed by atoms with E-state index in [9.17, 15) is 9.90 Å². The monoisotopic (exact) mass is 282 g/mol. The number of aliphatic carboxylic acids is 1. The van der Waals surface area contributed by atoms with Crippen LogP contribution in [0.1, 0.15) is 41.8 Å². The van der Waals surface area contributed by atoms with Crippen LogP contribution in [0.4, 0.5) is 0 Å². The summed E-state index contributed by atoms with van der Waals surface area (Å²) in [6, 6.07) is 0. The van der Waals surface area contributed by atoms with Crippen LogP contribution in [0, 0.1) is 19.3 Å². The van der Waals surface area contributed by atoms with Gasteiger partial charge in [0.25, 0.3) is 0 Å². The molecule has 2 heterocycles. The number of piperidine rings is 1. The highest BCUT2D eigenvalue weighted by molar-refractivity contribution is 7.11. The molecule has 1 N–H and O–H groups in total. The van der Waals surface area contributed by atoms with Gasteiger partial charge in [0.2, 0.25) is 0 Å². The lowest BCUT2D eigenvalue weighted by Gasteiger charge is -2.39. The molecule has 0 aromatic carbocycles. The van der Waals surface area contributed by atoms with Gasteiger partial charge in [0.15, 0.2) is 0 Å². The second-order valence-electron chi connectivity index (χ2n) is 5.50. The molecular weight excluding hydrogens is 260 g/mol. The third kappa shape index (κ3) is 2.98. The zero-order valence-corrected chi connectivity index (χ0v) is 12.7. The Morgan fingerprint density at radius 1 is 1.53 bits per heavy atom. The number of hydrogen-bond donors (Lipinski definition) is 1. The van der Waals surface area contributed by atoms with Gasteiger partial charge >= 0.3 is 5.97 Å². The van der Waals surface area contributed by atoms with Gasteiger partial charge in [-0.1, -0.05) is 6.92 Å². The Bertz CT molecular complexity index is 453. The van der Waals surface area contributed by atoms with E-state index in [1.54, 1.807) is 11.3 Å². The number of carboxylic acid groups (broad SMARTS) is 1. The average Bonchev–Trinajstić information content (AvgIpc) is 2.68. The summed E-state index contributed by atoms with van der Waals surface area (Å²) in [5, 5.41) is 10.6. The topological polar surface area (TPSA) is 53.4 Å². The highest BCUT2D eigenvalue weighted by Crippen LogP contribution is 2.34. The van der Waals surface area contributed by atoms with E-state index >= 15 is 0 Å². The van der Waals surface area contributed by atoms with E-state index in [0.717, 1.165) is 36.6 Å². The fraction of sp³-hybridized carbons (Fsp3) is 0.714. The van der Waals surface area contributed by atoms with Gasteiger partial charge in [0, 0.05) is 11.4 Å². The van der Waals surface area contributed by atoms with Gasteiger partial charge in [-0.05, 0) is 39.7 Å². The van der Waals surface area contributed by atoms with Crippen LogP contribution in [0.2, 0.25) is 0 Å². The minimum Gasteiger partial charge on any atom is -0.481 e. The number of aromatic nitrogens is 1. The van der Waals surface area contributed by atoms with E-state index in [4.69, 9.17) is 0 Å². The van der Waals surface area contributed by atoms with Gasteiger partial charge < -0.3 is 5.11 Å². The molecule has 1 unspecified atom stereocenters. The Kier molecular flexibility index (Phi) is 4.26. The third-order valence-corrected chi connectivity index (χ3v) is 5.28. The van der Waals surface area contributed by atoms with E-state index < -0.39 is 11.4 Å². The van der Waals surface area contributed by atoms with Crippen molar-refractivity contribution in [2.24, 2.45) is 5.41 Å². The number of carbonyl (C=O) groups is 1. The lowest BCUT2D eigenvalue weighted by Crippen LogP contribution is -2.47. The van der Waals surface area contributed by atoms with Gasteiger partial charge in [-0.25, -0.2) is 4.98 Å². The van der Waals surface area contributed by atoms with Crippen molar-refractivity contribution in [3.05, 3.63) is 15.6 Å². The van der Waals surface area contributed by atoms with E-state index in [-0.39, 0.29) is 0 Å². The number of thiazole rings is 1. The first kappa shape index (κ1) is 14.5. The van der Waals surface area contributed by atoms with Gasteiger partial charge in [0.05, 0.1) is 17.7 Å². The summed E-state index contributed by atoms with van der Waals surface area (Å²) in [4.78, 5) is 19.6. The molecule has 0 amide bonds. The van der Waals surface area contributed by atoms with Gasteiger partial charge in [-0.15, -0.1) is 11.3 Å². The van der Waals surface area contributed by atoms with E-state index in [2.05, 4.69) is 16.8 Å². The van der Waals surface area contributed by atoms with Crippen molar-refractivity contribution < 1.29 is 9.90 Å². The molecule has 4 nitrogen and oxygen atoms in total. The number of nitrogens with zero attached hydrogens (tertiary/aromatic N) is 2. The van der Waals surface area contributed by atoms with Crippen LogP contribution in [-0.2, 0) is 11.3 Å². The summed E-state index contributed by atoms with van der Waals surface area (Å²) < 4.78 is 0. The molecule has 0 saturated carbocycles. The summed E-state index contributed by atoms with van der Waals surface area (Å²) in [5.74, 6) is -0.647. The summed E-state index contributed by atoms with van der Waals surface area (Å²) in [7, 11) is 0. The SMILES string of the molecule is CCC1(C(=O)O)CCCN(Cc2nc(C)c(C)s2)C1. The summed E-state index contributed by atoms with van der Waals surface area (Å²) >= 11 is 1.72. The van der Waals surface area contributed by atoms with Crippen molar-refractivity contribution in [2.75, 3.05) is 13.1 Å². The number of hydrogen-bond acceptors (Lipinski definition) is 4. The molecule has 2 rings (SSSR count).